The van der Waals surface area contributed by atoms with Crippen molar-refractivity contribution in [2.45, 2.75) is 23.2 Å². The third kappa shape index (κ3) is 16.4. The largest absolute Gasteiger partial charge is 0.503 e. The maximum atomic E-state index is 8.56. The highest BCUT2D eigenvalue weighted by atomic mass is 79.9. The Hall–Kier alpha value is -3.39. The summed E-state index contributed by atoms with van der Waals surface area (Å²) in [6.45, 7) is 0. The van der Waals surface area contributed by atoms with Gasteiger partial charge in [-0.05, 0) is 47.5 Å². The van der Waals surface area contributed by atoms with Gasteiger partial charge < -0.3 is 20.4 Å². The molecule has 0 spiro atoms. The van der Waals surface area contributed by atoms with Gasteiger partial charge in [-0.15, -0.1) is 25.3 Å². The van der Waals surface area contributed by atoms with Crippen LogP contribution in [0.2, 0.25) is 5.02 Å². The van der Waals surface area contributed by atoms with E-state index in [1.165, 1.54) is 11.1 Å². The third-order valence-corrected chi connectivity index (χ3v) is 5.21. The Morgan fingerprint density at radius 1 is 0.684 bits per heavy atom. The highest BCUT2D eigenvalue weighted by Gasteiger charge is 2.00. The van der Waals surface area contributed by atoms with Crippen LogP contribution in [-0.2, 0) is 12.8 Å². The highest BCUT2D eigenvalue weighted by molar-refractivity contribution is 9.10. The number of carboxylic acid groups (broad SMARTS) is 4. The number of hydrogen-bond donors (Lipinski definition) is 6. The zero-order chi connectivity index (χ0) is 28.5. The first-order chi connectivity index (χ1) is 17.9. The molecule has 2 aromatic carbocycles. The third-order valence-electron chi connectivity index (χ3n) is 4.00. The lowest BCUT2D eigenvalue weighted by molar-refractivity contribution is 0.135. The molecule has 2 aromatic heterocycles. The molecule has 0 radical (unpaired) electrons. The summed E-state index contributed by atoms with van der Waals surface area (Å²) < 4.78 is 1.09. The molecule has 0 aliphatic heterocycles. The molecule has 10 nitrogen and oxygen atoms in total. The van der Waals surface area contributed by atoms with Gasteiger partial charge in [-0.3, -0.25) is 0 Å². The van der Waals surface area contributed by atoms with Crippen LogP contribution in [0.25, 0.3) is 0 Å². The van der Waals surface area contributed by atoms with E-state index in [0.29, 0.717) is 10.3 Å². The van der Waals surface area contributed by atoms with E-state index < -0.39 is 12.3 Å². The number of nitrogens with zero attached hydrogens (tertiary/aromatic N) is 4. The minimum Gasteiger partial charge on any atom is -0.450 e. The van der Waals surface area contributed by atoms with E-state index in [4.69, 9.17) is 41.6 Å². The predicted molar refractivity (Wildman–Crippen MR) is 151 cm³/mol. The normalized spacial score (nSPS) is 9.37. The van der Waals surface area contributed by atoms with Crippen LogP contribution in [0.3, 0.4) is 0 Å². The molecular formula is C24H22BrClN4O6S2. The summed E-state index contributed by atoms with van der Waals surface area (Å²) in [6, 6.07) is 19.7. The van der Waals surface area contributed by atoms with E-state index in [2.05, 4.69) is 73.3 Å². The molecule has 4 N–H and O–H groups in total. The van der Waals surface area contributed by atoms with E-state index in [0.717, 1.165) is 33.7 Å². The molecule has 14 heteroatoms. The van der Waals surface area contributed by atoms with Gasteiger partial charge in [-0.2, -0.15) is 0 Å². The van der Waals surface area contributed by atoms with Gasteiger partial charge in [0.15, 0.2) is 10.3 Å². The molecule has 0 unspecified atom stereocenters. The topological polar surface area (TPSA) is 167 Å². The minimum absolute atomic E-state index is 0.501. The molecule has 2 heterocycles. The van der Waals surface area contributed by atoms with Gasteiger partial charge in [-0.25, -0.2) is 29.5 Å². The zero-order valence-electron chi connectivity index (χ0n) is 19.4. The highest BCUT2D eigenvalue weighted by Crippen LogP contribution is 2.14. The van der Waals surface area contributed by atoms with E-state index in [1.54, 1.807) is 12.4 Å². The summed E-state index contributed by atoms with van der Waals surface area (Å²) in [6.07, 6.45) is 1.35. The van der Waals surface area contributed by atoms with Crippen molar-refractivity contribution in [1.29, 1.82) is 0 Å². The summed E-state index contributed by atoms with van der Waals surface area (Å²) >= 11 is 17.4. The van der Waals surface area contributed by atoms with Crippen molar-refractivity contribution >= 4 is 65.1 Å². The molecule has 4 aromatic rings. The van der Waals surface area contributed by atoms with Gasteiger partial charge in [0.1, 0.15) is 0 Å². The second kappa shape index (κ2) is 18.0. The van der Waals surface area contributed by atoms with Gasteiger partial charge in [0, 0.05) is 46.1 Å². The Morgan fingerprint density at radius 2 is 1.03 bits per heavy atom. The van der Waals surface area contributed by atoms with Crippen LogP contribution in [0.4, 0.5) is 9.59 Å². The van der Waals surface area contributed by atoms with Gasteiger partial charge in [-0.1, -0.05) is 51.8 Å². The molecule has 0 aliphatic rings. The molecule has 0 atom stereocenters. The van der Waals surface area contributed by atoms with Crippen LogP contribution in [0.15, 0.2) is 87.8 Å². The van der Waals surface area contributed by atoms with Crippen molar-refractivity contribution in [2.24, 2.45) is 0 Å². The van der Waals surface area contributed by atoms with E-state index in [1.807, 2.05) is 48.5 Å². The zero-order valence-corrected chi connectivity index (χ0v) is 23.5. The molecule has 4 rings (SSSR count). The van der Waals surface area contributed by atoms with Crippen LogP contribution < -0.4 is 0 Å². The molecular weight excluding hydrogens is 620 g/mol. The fourth-order valence-electron chi connectivity index (χ4n) is 2.59. The first kappa shape index (κ1) is 32.6. The fraction of sp³-hybridized carbons (Fsp3) is 0.0833. The summed E-state index contributed by atoms with van der Waals surface area (Å²) in [5.41, 5.74) is 4.34. The summed E-state index contributed by atoms with van der Waals surface area (Å²) in [5.74, 6) is 0. The number of rotatable bonds is 4. The molecule has 0 bridgehead atoms. The lowest BCUT2D eigenvalue weighted by Gasteiger charge is -2.01. The monoisotopic (exact) mass is 640 g/mol. The number of halogens is 2. The number of thiol groups is 2. The number of aromatic nitrogens is 4. The maximum absolute atomic E-state index is 8.56. The first-order valence-electron chi connectivity index (χ1n) is 10.3. The van der Waals surface area contributed by atoms with E-state index in [9.17, 15) is 0 Å². The molecule has 38 heavy (non-hydrogen) atoms. The van der Waals surface area contributed by atoms with Crippen LogP contribution in [0.1, 0.15) is 22.5 Å². The maximum Gasteiger partial charge on any atom is 0.503 e. The average molecular weight is 642 g/mol. The van der Waals surface area contributed by atoms with Crippen molar-refractivity contribution in [2.75, 3.05) is 0 Å². The lowest BCUT2D eigenvalue weighted by atomic mass is 10.1. The lowest BCUT2D eigenvalue weighted by Crippen LogP contribution is -1.93. The Balaban J connectivity index is 0.000000298. The Kier molecular flexibility index (Phi) is 15.4. The van der Waals surface area contributed by atoms with Crippen LogP contribution in [-0.4, -0.2) is 52.7 Å². The second-order valence-corrected chi connectivity index (χ2v) is 9.02. The predicted octanol–water partition coefficient (Wildman–Crippen LogP) is 6.57. The Morgan fingerprint density at radius 3 is 1.37 bits per heavy atom. The summed E-state index contributed by atoms with van der Waals surface area (Å²) in [7, 11) is 0. The summed E-state index contributed by atoms with van der Waals surface area (Å²) in [4.78, 5) is 33.4. The standard InChI is InChI=1S/C11H9BrN2S.C11H9ClN2S.2CH2O3/c2*12-9-3-1-8(2-4-9)7-10-5-6-13-11(15)14-10;2*2-1(3)4/h2*1-6H,7H2,(H,13,14,15);2*(H2,2,3,4). The van der Waals surface area contributed by atoms with Gasteiger partial charge >= 0.3 is 12.3 Å². The van der Waals surface area contributed by atoms with Crippen molar-refractivity contribution < 1.29 is 30.0 Å². The number of carbonyl (C=O) groups is 2. The van der Waals surface area contributed by atoms with Crippen LogP contribution in [0.5, 0.6) is 0 Å². The van der Waals surface area contributed by atoms with Crippen molar-refractivity contribution in [3.8, 4) is 0 Å². The number of benzene rings is 2. The smallest absolute Gasteiger partial charge is 0.450 e. The van der Waals surface area contributed by atoms with Crippen LogP contribution in [0, 0.1) is 0 Å². The van der Waals surface area contributed by atoms with Gasteiger partial charge in [0.25, 0.3) is 0 Å². The SMILES string of the molecule is O=C(O)O.O=C(O)O.Sc1nccc(Cc2ccc(Br)cc2)n1.Sc1nccc(Cc2ccc(Cl)cc2)n1. The number of hydrogen-bond acceptors (Lipinski definition) is 8. The Labute approximate surface area is 242 Å². The minimum atomic E-state index is -1.83. The molecule has 200 valence electrons. The molecule has 0 amide bonds. The summed E-state index contributed by atoms with van der Waals surface area (Å²) in [5, 5.41) is 29.7. The van der Waals surface area contributed by atoms with Gasteiger partial charge in [0.2, 0.25) is 0 Å². The molecule has 0 aliphatic carbocycles. The van der Waals surface area contributed by atoms with Gasteiger partial charge in [0.05, 0.1) is 0 Å². The molecule has 0 saturated heterocycles. The molecule has 0 saturated carbocycles. The average Bonchev–Trinajstić information content (AvgIpc) is 2.82. The van der Waals surface area contributed by atoms with E-state index >= 15 is 0 Å². The Bertz CT molecular complexity index is 1190. The fourth-order valence-corrected chi connectivity index (χ4v) is 3.37. The van der Waals surface area contributed by atoms with E-state index in [-0.39, 0.29) is 0 Å². The van der Waals surface area contributed by atoms with Crippen molar-refractivity contribution in [3.63, 3.8) is 0 Å². The quantitative estimate of drug-likeness (QED) is 0.106. The molecule has 0 fully saturated rings. The van der Waals surface area contributed by atoms with Crippen molar-refractivity contribution in [3.05, 3.63) is 105 Å². The van der Waals surface area contributed by atoms with Crippen molar-refractivity contribution in [1.82, 2.24) is 19.9 Å². The first-order valence-corrected chi connectivity index (χ1v) is 12.4. The second-order valence-electron chi connectivity index (χ2n) is 6.87. The van der Waals surface area contributed by atoms with Crippen LogP contribution >= 0.6 is 52.8 Å².